The smallest absolute Gasteiger partial charge is 0.185 e. The highest BCUT2D eigenvalue weighted by Crippen LogP contribution is 2.06. The van der Waals surface area contributed by atoms with Crippen LogP contribution in [-0.2, 0) is 4.79 Å². The molecule has 0 saturated carbocycles. The van der Waals surface area contributed by atoms with E-state index in [9.17, 15) is 4.79 Å². The molecule has 5 heteroatoms. The lowest BCUT2D eigenvalue weighted by Crippen LogP contribution is -2.35. The maximum absolute atomic E-state index is 11.5. The van der Waals surface area contributed by atoms with Crippen molar-refractivity contribution in [1.82, 2.24) is 0 Å². The molecule has 0 saturated heterocycles. The van der Waals surface area contributed by atoms with Crippen LogP contribution in [0.2, 0.25) is 0 Å². The fraction of sp³-hybridized carbons (Fsp3) is 0.778. The van der Waals surface area contributed by atoms with Gasteiger partial charge in [-0.05, 0) is 12.8 Å². The van der Waals surface area contributed by atoms with Crippen molar-refractivity contribution >= 4 is 11.7 Å². The first-order chi connectivity index (χ1) is 6.49. The minimum atomic E-state index is -0.451. The van der Waals surface area contributed by atoms with E-state index in [4.69, 9.17) is 17.2 Å². The summed E-state index contributed by atoms with van der Waals surface area (Å²) in [6, 6.07) is -0.451. The van der Waals surface area contributed by atoms with Crippen molar-refractivity contribution in [3.63, 3.8) is 0 Å². The topological polar surface area (TPSA) is 107 Å². The quantitative estimate of drug-likeness (QED) is 0.400. The van der Waals surface area contributed by atoms with Crippen molar-refractivity contribution in [2.75, 3.05) is 6.54 Å². The Balaban J connectivity index is 3.90. The van der Waals surface area contributed by atoms with Gasteiger partial charge in [0.15, 0.2) is 11.7 Å². The molecule has 0 aromatic heterocycles. The van der Waals surface area contributed by atoms with Crippen LogP contribution in [0.25, 0.3) is 0 Å². The summed E-state index contributed by atoms with van der Waals surface area (Å²) >= 11 is 0. The molecule has 0 bridgehead atoms. The largest absolute Gasteiger partial charge is 0.370 e. The molecule has 0 rings (SSSR count). The number of hydrogen-bond acceptors (Lipinski definition) is 3. The van der Waals surface area contributed by atoms with Gasteiger partial charge in [-0.3, -0.25) is 9.79 Å². The molecule has 0 fully saturated rings. The summed E-state index contributed by atoms with van der Waals surface area (Å²) in [6.07, 6.45) is 1.32. The molecule has 6 N–H and O–H groups in total. The number of carbonyl (C=O) groups excluding carboxylic acids is 1. The van der Waals surface area contributed by atoms with E-state index in [1.807, 2.05) is 13.8 Å². The monoisotopic (exact) mass is 200 g/mol. The van der Waals surface area contributed by atoms with E-state index in [1.165, 1.54) is 0 Å². The van der Waals surface area contributed by atoms with Crippen LogP contribution >= 0.6 is 0 Å². The molecule has 0 aliphatic carbocycles. The first kappa shape index (κ1) is 12.9. The summed E-state index contributed by atoms with van der Waals surface area (Å²) in [4.78, 5) is 15.3. The Morgan fingerprint density at radius 1 is 1.43 bits per heavy atom. The van der Waals surface area contributed by atoms with Crippen LogP contribution in [0.3, 0.4) is 0 Å². The van der Waals surface area contributed by atoms with Crippen LogP contribution in [0, 0.1) is 5.92 Å². The summed E-state index contributed by atoms with van der Waals surface area (Å²) in [7, 11) is 0. The zero-order valence-electron chi connectivity index (χ0n) is 8.86. The van der Waals surface area contributed by atoms with Crippen molar-refractivity contribution in [3.05, 3.63) is 0 Å². The summed E-state index contributed by atoms with van der Waals surface area (Å²) < 4.78 is 0. The fourth-order valence-electron chi connectivity index (χ4n) is 1.04. The molecule has 0 aliphatic rings. The number of nitrogens with two attached hydrogens (primary N) is 3. The average molecular weight is 200 g/mol. The van der Waals surface area contributed by atoms with Crippen molar-refractivity contribution < 1.29 is 4.79 Å². The van der Waals surface area contributed by atoms with Crippen LogP contribution in [0.1, 0.15) is 26.7 Å². The van der Waals surface area contributed by atoms with Gasteiger partial charge in [0.1, 0.15) is 0 Å². The Morgan fingerprint density at radius 2 is 2.00 bits per heavy atom. The molecular formula is C9H20N4O. The van der Waals surface area contributed by atoms with Gasteiger partial charge in [-0.1, -0.05) is 13.8 Å². The van der Waals surface area contributed by atoms with E-state index < -0.39 is 6.04 Å². The second kappa shape index (κ2) is 6.37. The van der Waals surface area contributed by atoms with Gasteiger partial charge in [-0.2, -0.15) is 0 Å². The third kappa shape index (κ3) is 4.81. The molecule has 14 heavy (non-hydrogen) atoms. The molecule has 0 spiro atoms. The Morgan fingerprint density at radius 3 is 2.43 bits per heavy atom. The van der Waals surface area contributed by atoms with E-state index in [0.29, 0.717) is 13.0 Å². The molecule has 0 radical (unpaired) electrons. The fourth-order valence-corrected chi connectivity index (χ4v) is 1.04. The van der Waals surface area contributed by atoms with Crippen molar-refractivity contribution in [2.24, 2.45) is 28.1 Å². The number of hydrogen-bond donors (Lipinski definition) is 3. The Bertz CT molecular complexity index is 211. The number of rotatable bonds is 6. The van der Waals surface area contributed by atoms with Gasteiger partial charge >= 0.3 is 0 Å². The van der Waals surface area contributed by atoms with Crippen LogP contribution in [0.5, 0.6) is 0 Å². The minimum Gasteiger partial charge on any atom is -0.370 e. The average Bonchev–Trinajstić information content (AvgIpc) is 2.14. The van der Waals surface area contributed by atoms with Gasteiger partial charge in [-0.15, -0.1) is 0 Å². The first-order valence-corrected chi connectivity index (χ1v) is 4.83. The number of guanidine groups is 1. The Labute approximate surface area is 84.7 Å². The molecule has 82 valence electrons. The predicted molar refractivity (Wildman–Crippen MR) is 57.7 cm³/mol. The summed E-state index contributed by atoms with van der Waals surface area (Å²) in [5.74, 6) is 0.135. The number of nitrogens with zero attached hydrogens (tertiary/aromatic N) is 1. The number of Topliss-reactive ketones (excluding diaryl/α,β-unsaturated/α-hetero) is 1. The summed E-state index contributed by atoms with van der Waals surface area (Å²) in [5, 5.41) is 0. The highest BCUT2D eigenvalue weighted by molar-refractivity contribution is 5.85. The van der Waals surface area contributed by atoms with Gasteiger partial charge in [0.25, 0.3) is 0 Å². The molecule has 0 amide bonds. The Kier molecular flexibility index (Phi) is 5.87. The van der Waals surface area contributed by atoms with E-state index in [0.717, 1.165) is 6.42 Å². The van der Waals surface area contributed by atoms with Gasteiger partial charge < -0.3 is 17.2 Å². The van der Waals surface area contributed by atoms with Crippen LogP contribution in [-0.4, -0.2) is 24.3 Å². The normalized spacial score (nSPS) is 14.5. The molecule has 0 heterocycles. The second-order valence-electron chi connectivity index (χ2n) is 3.41. The number of aliphatic imine (C=N–C) groups is 1. The standard InChI is InChI=1S/C9H20N4O/c1-3-6(2)8(14)7(10)4-5-13-9(11)12/h6-7H,3-5,10H2,1-2H3,(H4,11,12,13)/t6?,7-/m0/s1. The minimum absolute atomic E-state index is 0.0178. The van der Waals surface area contributed by atoms with Crippen molar-refractivity contribution in [2.45, 2.75) is 32.7 Å². The van der Waals surface area contributed by atoms with E-state index >= 15 is 0 Å². The lowest BCUT2D eigenvalue weighted by Gasteiger charge is -2.13. The third-order valence-electron chi connectivity index (χ3n) is 2.20. The van der Waals surface area contributed by atoms with E-state index in [2.05, 4.69) is 4.99 Å². The van der Waals surface area contributed by atoms with Crippen molar-refractivity contribution in [3.8, 4) is 0 Å². The molecule has 2 atom stereocenters. The van der Waals surface area contributed by atoms with Crippen LogP contribution in [0.15, 0.2) is 4.99 Å². The maximum Gasteiger partial charge on any atom is 0.185 e. The number of ketones is 1. The van der Waals surface area contributed by atoms with E-state index in [1.54, 1.807) is 0 Å². The molecule has 0 aromatic carbocycles. The maximum atomic E-state index is 11.5. The van der Waals surface area contributed by atoms with Crippen molar-refractivity contribution in [1.29, 1.82) is 0 Å². The van der Waals surface area contributed by atoms with Gasteiger partial charge in [0.2, 0.25) is 0 Å². The van der Waals surface area contributed by atoms with Crippen LogP contribution in [0.4, 0.5) is 0 Å². The van der Waals surface area contributed by atoms with Gasteiger partial charge in [0, 0.05) is 12.5 Å². The molecule has 5 nitrogen and oxygen atoms in total. The third-order valence-corrected chi connectivity index (χ3v) is 2.20. The highest BCUT2D eigenvalue weighted by atomic mass is 16.1. The first-order valence-electron chi connectivity index (χ1n) is 4.83. The summed E-state index contributed by atoms with van der Waals surface area (Å²) in [5.41, 5.74) is 16.0. The number of carbonyl (C=O) groups is 1. The molecular weight excluding hydrogens is 180 g/mol. The molecule has 0 aromatic rings. The molecule has 0 aliphatic heterocycles. The lowest BCUT2D eigenvalue weighted by molar-refractivity contribution is -0.123. The lowest BCUT2D eigenvalue weighted by atomic mass is 9.96. The van der Waals surface area contributed by atoms with E-state index in [-0.39, 0.29) is 17.7 Å². The highest BCUT2D eigenvalue weighted by Gasteiger charge is 2.18. The van der Waals surface area contributed by atoms with Crippen LogP contribution < -0.4 is 17.2 Å². The summed E-state index contributed by atoms with van der Waals surface area (Å²) in [6.45, 7) is 4.25. The second-order valence-corrected chi connectivity index (χ2v) is 3.41. The Hall–Kier alpha value is -1.10. The van der Waals surface area contributed by atoms with Gasteiger partial charge in [0.05, 0.1) is 6.04 Å². The zero-order valence-corrected chi connectivity index (χ0v) is 8.86. The SMILES string of the molecule is CCC(C)C(=O)[C@@H](N)CCN=C(N)N. The zero-order chi connectivity index (χ0) is 11.1. The van der Waals surface area contributed by atoms with Gasteiger partial charge in [-0.25, -0.2) is 0 Å². The molecule has 1 unspecified atom stereocenters. The predicted octanol–water partition coefficient (Wildman–Crippen LogP) is -0.408.